The topological polar surface area (TPSA) is 95.9 Å². The van der Waals surface area contributed by atoms with E-state index in [2.05, 4.69) is 5.32 Å². The Bertz CT molecular complexity index is 1030. The third kappa shape index (κ3) is 3.96. The molecular formula is C20H16ClNO5. The predicted octanol–water partition coefficient (Wildman–Crippen LogP) is 4.09. The second-order valence-electron chi connectivity index (χ2n) is 5.88. The van der Waals surface area contributed by atoms with E-state index in [9.17, 15) is 19.8 Å². The number of fused-ring (bicyclic) bond motifs is 1. The van der Waals surface area contributed by atoms with Crippen LogP contribution >= 0.6 is 11.6 Å². The zero-order chi connectivity index (χ0) is 19.6. The Hall–Kier alpha value is -3.25. The van der Waals surface area contributed by atoms with Crippen LogP contribution in [0.25, 0.3) is 10.8 Å². The Morgan fingerprint density at radius 3 is 2.44 bits per heavy atom. The van der Waals surface area contributed by atoms with Crippen molar-refractivity contribution >= 4 is 39.9 Å². The molecule has 0 aliphatic rings. The van der Waals surface area contributed by atoms with Gasteiger partial charge in [0.15, 0.2) is 6.10 Å². The van der Waals surface area contributed by atoms with Crippen LogP contribution in [0, 0.1) is 0 Å². The van der Waals surface area contributed by atoms with Gasteiger partial charge in [0.25, 0.3) is 5.91 Å². The van der Waals surface area contributed by atoms with E-state index in [1.807, 2.05) is 0 Å². The number of ether oxygens (including phenoxy) is 1. The summed E-state index contributed by atoms with van der Waals surface area (Å²) in [6.07, 6.45) is -1.13. The smallest absolute Gasteiger partial charge is 0.342 e. The number of amides is 1. The van der Waals surface area contributed by atoms with Crippen molar-refractivity contribution in [3.63, 3.8) is 0 Å². The van der Waals surface area contributed by atoms with Gasteiger partial charge in [-0.05, 0) is 31.2 Å². The van der Waals surface area contributed by atoms with E-state index >= 15 is 0 Å². The molecule has 0 heterocycles. The third-order valence-corrected chi connectivity index (χ3v) is 4.19. The zero-order valence-corrected chi connectivity index (χ0v) is 15.0. The largest absolute Gasteiger partial charge is 0.507 e. The van der Waals surface area contributed by atoms with Crippen LogP contribution in [0.15, 0.2) is 54.6 Å². The highest BCUT2D eigenvalue weighted by atomic mass is 35.5. The number of esters is 1. The van der Waals surface area contributed by atoms with Gasteiger partial charge in [-0.15, -0.1) is 0 Å². The lowest BCUT2D eigenvalue weighted by molar-refractivity contribution is -0.123. The molecule has 1 amide bonds. The number of rotatable bonds is 4. The minimum absolute atomic E-state index is 0.175. The van der Waals surface area contributed by atoms with Gasteiger partial charge in [-0.1, -0.05) is 41.9 Å². The summed E-state index contributed by atoms with van der Waals surface area (Å²) in [5.74, 6) is -1.99. The van der Waals surface area contributed by atoms with Gasteiger partial charge in [-0.25, -0.2) is 4.79 Å². The fraction of sp³-hybridized carbons (Fsp3) is 0.100. The van der Waals surface area contributed by atoms with Gasteiger partial charge in [-0.2, -0.15) is 0 Å². The quantitative estimate of drug-likeness (QED) is 0.464. The molecule has 0 radical (unpaired) electrons. The average Bonchev–Trinajstić information content (AvgIpc) is 2.64. The fourth-order valence-corrected chi connectivity index (χ4v) is 2.77. The fourth-order valence-electron chi connectivity index (χ4n) is 2.58. The SMILES string of the molecule is C[C@H](OC(=O)c1cc(O)c2ccccc2c1O)C(=O)Nc1cccc(Cl)c1. The lowest BCUT2D eigenvalue weighted by Crippen LogP contribution is -2.30. The first-order chi connectivity index (χ1) is 12.9. The maximum absolute atomic E-state index is 12.4. The summed E-state index contributed by atoms with van der Waals surface area (Å²) in [6, 6.07) is 14.2. The maximum atomic E-state index is 12.4. The summed E-state index contributed by atoms with van der Waals surface area (Å²) in [4.78, 5) is 24.6. The molecule has 3 aromatic rings. The molecule has 138 valence electrons. The van der Waals surface area contributed by atoms with E-state index in [1.165, 1.54) is 6.92 Å². The highest BCUT2D eigenvalue weighted by molar-refractivity contribution is 6.30. The van der Waals surface area contributed by atoms with E-state index in [0.717, 1.165) is 6.07 Å². The molecule has 0 aromatic heterocycles. The minimum atomic E-state index is -1.13. The molecule has 0 saturated heterocycles. The first-order valence-electron chi connectivity index (χ1n) is 8.08. The van der Waals surface area contributed by atoms with Crippen LogP contribution in [0.1, 0.15) is 17.3 Å². The van der Waals surface area contributed by atoms with Crippen molar-refractivity contribution in [2.75, 3.05) is 5.32 Å². The number of benzene rings is 3. The lowest BCUT2D eigenvalue weighted by atomic mass is 10.0. The van der Waals surface area contributed by atoms with Crippen molar-refractivity contribution in [3.8, 4) is 11.5 Å². The van der Waals surface area contributed by atoms with E-state index in [-0.39, 0.29) is 17.1 Å². The summed E-state index contributed by atoms with van der Waals surface area (Å²) in [5, 5.41) is 24.2. The summed E-state index contributed by atoms with van der Waals surface area (Å²) in [6.45, 7) is 1.40. The van der Waals surface area contributed by atoms with Gasteiger partial charge in [0, 0.05) is 21.5 Å². The number of aromatic hydroxyl groups is 2. The molecule has 27 heavy (non-hydrogen) atoms. The van der Waals surface area contributed by atoms with Crippen molar-refractivity contribution in [2.45, 2.75) is 13.0 Å². The van der Waals surface area contributed by atoms with Crippen molar-refractivity contribution in [2.24, 2.45) is 0 Å². The molecule has 6 nitrogen and oxygen atoms in total. The lowest BCUT2D eigenvalue weighted by Gasteiger charge is -2.15. The molecule has 0 spiro atoms. The third-order valence-electron chi connectivity index (χ3n) is 3.96. The highest BCUT2D eigenvalue weighted by Crippen LogP contribution is 2.35. The van der Waals surface area contributed by atoms with E-state index in [4.69, 9.17) is 16.3 Å². The number of hydrogen-bond donors (Lipinski definition) is 3. The Labute approximate surface area is 160 Å². The number of halogens is 1. The second kappa shape index (κ2) is 7.55. The van der Waals surface area contributed by atoms with Gasteiger partial charge in [-0.3, -0.25) is 4.79 Å². The van der Waals surface area contributed by atoms with Gasteiger partial charge < -0.3 is 20.3 Å². The first kappa shape index (κ1) is 18.5. The van der Waals surface area contributed by atoms with Gasteiger partial charge in [0.2, 0.25) is 0 Å². The molecule has 0 bridgehead atoms. The van der Waals surface area contributed by atoms with E-state index in [1.54, 1.807) is 48.5 Å². The number of carbonyl (C=O) groups is 2. The normalized spacial score (nSPS) is 11.8. The predicted molar refractivity (Wildman–Crippen MR) is 102 cm³/mol. The second-order valence-corrected chi connectivity index (χ2v) is 6.32. The molecule has 3 rings (SSSR count). The van der Waals surface area contributed by atoms with Crippen LogP contribution in [0.5, 0.6) is 11.5 Å². The first-order valence-corrected chi connectivity index (χ1v) is 8.45. The van der Waals surface area contributed by atoms with Crippen LogP contribution < -0.4 is 5.32 Å². The van der Waals surface area contributed by atoms with Crippen LogP contribution in [0.3, 0.4) is 0 Å². The van der Waals surface area contributed by atoms with Gasteiger partial charge in [0.1, 0.15) is 17.1 Å². The molecule has 3 N–H and O–H groups in total. The molecule has 0 aliphatic heterocycles. The number of phenols is 2. The summed E-state index contributed by atoms with van der Waals surface area (Å²) < 4.78 is 5.13. The molecule has 3 aromatic carbocycles. The van der Waals surface area contributed by atoms with Crippen molar-refractivity contribution in [3.05, 3.63) is 65.2 Å². The number of anilines is 1. The van der Waals surface area contributed by atoms with Crippen LogP contribution in [0.2, 0.25) is 5.02 Å². The standard InChI is InChI=1S/C20H16ClNO5/c1-11(19(25)22-13-6-4-5-12(21)9-13)27-20(26)16-10-17(23)14-7-2-3-8-15(14)18(16)24/h2-11,23-24H,1H3,(H,22,25)/t11-/m0/s1. The van der Waals surface area contributed by atoms with Crippen molar-refractivity contribution < 1.29 is 24.5 Å². The Kier molecular flexibility index (Phi) is 5.19. The number of phenolic OH excluding ortho intramolecular Hbond substituents is 2. The zero-order valence-electron chi connectivity index (χ0n) is 14.3. The molecular weight excluding hydrogens is 370 g/mol. The van der Waals surface area contributed by atoms with Crippen LogP contribution in [-0.4, -0.2) is 28.2 Å². The van der Waals surface area contributed by atoms with Crippen LogP contribution in [0.4, 0.5) is 5.69 Å². The summed E-state index contributed by atoms with van der Waals surface area (Å²) in [5.41, 5.74) is 0.232. The Balaban J connectivity index is 1.77. The highest BCUT2D eigenvalue weighted by Gasteiger charge is 2.23. The number of hydrogen-bond acceptors (Lipinski definition) is 5. The van der Waals surface area contributed by atoms with Gasteiger partial charge >= 0.3 is 5.97 Å². The van der Waals surface area contributed by atoms with Gasteiger partial charge in [0.05, 0.1) is 0 Å². The summed E-state index contributed by atoms with van der Waals surface area (Å²) in [7, 11) is 0. The summed E-state index contributed by atoms with van der Waals surface area (Å²) >= 11 is 5.86. The van der Waals surface area contributed by atoms with Crippen LogP contribution in [-0.2, 0) is 9.53 Å². The molecule has 0 saturated carbocycles. The number of nitrogens with one attached hydrogen (secondary N) is 1. The maximum Gasteiger partial charge on any atom is 0.342 e. The average molecular weight is 386 g/mol. The Morgan fingerprint density at radius 2 is 1.74 bits per heavy atom. The molecule has 0 aliphatic carbocycles. The van der Waals surface area contributed by atoms with Crippen molar-refractivity contribution in [1.82, 2.24) is 0 Å². The number of carbonyl (C=O) groups excluding carboxylic acids is 2. The monoisotopic (exact) mass is 385 g/mol. The van der Waals surface area contributed by atoms with E-state index in [0.29, 0.717) is 21.5 Å². The van der Waals surface area contributed by atoms with E-state index < -0.39 is 18.0 Å². The molecule has 7 heteroatoms. The molecule has 0 unspecified atom stereocenters. The molecule has 1 atom stereocenters. The Morgan fingerprint density at radius 1 is 1.04 bits per heavy atom. The minimum Gasteiger partial charge on any atom is -0.507 e. The molecule has 0 fully saturated rings. The van der Waals surface area contributed by atoms with Crippen molar-refractivity contribution in [1.29, 1.82) is 0 Å².